The van der Waals surface area contributed by atoms with Gasteiger partial charge in [0.05, 0.1) is 0 Å². The van der Waals surface area contributed by atoms with E-state index in [0.29, 0.717) is 50.3 Å². The molecule has 0 aliphatic carbocycles. The number of aryl methyl sites for hydroxylation is 2. The molecule has 2 aliphatic heterocycles. The van der Waals surface area contributed by atoms with Crippen LogP contribution in [-0.2, 0) is 22.8 Å². The molecular formula is C32H34BrFIN8O3-. The van der Waals surface area contributed by atoms with Gasteiger partial charge in [-0.15, -0.1) is 0 Å². The molecule has 5 heterocycles. The SMILES string of the molecule is CC(=O)c1nn(CC(=O)N2[C@H](C(=O)Nc3nc(Br)ccc3C)C[C@@]3(CCN(C)C)[I-][C@@H]23)c2c(CF)cc(-c3cnc(C)nc3)cc12. The van der Waals surface area contributed by atoms with Crippen molar-refractivity contribution in [2.45, 2.75) is 60.3 Å². The number of Topliss-reactive ketones (excluding diaryl/α,β-unsaturated/α-hetero) is 1. The topological polar surface area (TPSA) is 126 Å². The number of rotatable bonds is 10. The molecule has 0 spiro atoms. The number of carbonyl (C=O) groups is 3. The fourth-order valence-electron chi connectivity index (χ4n) is 6.03. The predicted octanol–water partition coefficient (Wildman–Crippen LogP) is 1.30. The minimum absolute atomic E-state index is 0.00829. The van der Waals surface area contributed by atoms with Crippen molar-refractivity contribution in [3.63, 3.8) is 0 Å². The van der Waals surface area contributed by atoms with Crippen molar-refractivity contribution in [3.8, 4) is 11.1 Å². The molecular weight excluding hydrogens is 770 g/mol. The van der Waals surface area contributed by atoms with Gasteiger partial charge in [-0.1, -0.05) is 0 Å². The minimum atomic E-state index is -0.830. The summed E-state index contributed by atoms with van der Waals surface area (Å²) in [5.41, 5.74) is 2.97. The van der Waals surface area contributed by atoms with E-state index in [1.54, 1.807) is 42.4 Å². The van der Waals surface area contributed by atoms with Gasteiger partial charge in [-0.25, -0.2) is 0 Å². The third-order valence-electron chi connectivity index (χ3n) is 8.48. The van der Waals surface area contributed by atoms with Crippen molar-refractivity contribution in [3.05, 3.63) is 63.9 Å². The number of halogens is 3. The second-order valence-electron chi connectivity index (χ2n) is 12.1. The molecule has 2 saturated heterocycles. The van der Waals surface area contributed by atoms with Crippen molar-refractivity contribution in [2.24, 2.45) is 0 Å². The number of hydrogen-bond donors (Lipinski definition) is 1. The Labute approximate surface area is 284 Å². The van der Waals surface area contributed by atoms with Crippen LogP contribution in [0.4, 0.5) is 10.2 Å². The summed E-state index contributed by atoms with van der Waals surface area (Å²) in [5.74, 6) is 0.173. The number of likely N-dealkylation sites (tertiary alicyclic amines) is 1. The van der Waals surface area contributed by atoms with Crippen molar-refractivity contribution >= 4 is 50.2 Å². The van der Waals surface area contributed by atoms with E-state index in [0.717, 1.165) is 18.5 Å². The molecule has 0 saturated carbocycles. The molecule has 3 aromatic heterocycles. The first-order valence-electron chi connectivity index (χ1n) is 14.8. The Balaban J connectivity index is 1.35. The van der Waals surface area contributed by atoms with Gasteiger partial charge in [0.15, 0.2) is 0 Å². The van der Waals surface area contributed by atoms with Crippen LogP contribution in [0.1, 0.15) is 47.2 Å². The number of hydrogen-bond acceptors (Lipinski definition) is 8. The Morgan fingerprint density at radius 3 is 2.57 bits per heavy atom. The fraction of sp³-hybridized carbons (Fsp3) is 0.406. The summed E-state index contributed by atoms with van der Waals surface area (Å²) in [4.78, 5) is 57.6. The van der Waals surface area contributed by atoms with Crippen molar-refractivity contribution in [2.75, 3.05) is 26.0 Å². The van der Waals surface area contributed by atoms with Crippen molar-refractivity contribution in [1.29, 1.82) is 0 Å². The van der Waals surface area contributed by atoms with E-state index in [-0.39, 0.29) is 58.5 Å². The van der Waals surface area contributed by atoms with Crippen LogP contribution in [0.2, 0.25) is 0 Å². The number of pyridine rings is 1. The van der Waals surface area contributed by atoms with E-state index >= 15 is 0 Å². The molecule has 6 rings (SSSR count). The van der Waals surface area contributed by atoms with Gasteiger partial charge in [-0.05, 0) is 6.92 Å². The van der Waals surface area contributed by atoms with Gasteiger partial charge in [0, 0.05) is 0 Å². The van der Waals surface area contributed by atoms with Crippen LogP contribution < -0.4 is 26.5 Å². The van der Waals surface area contributed by atoms with E-state index in [9.17, 15) is 18.8 Å². The van der Waals surface area contributed by atoms with Gasteiger partial charge >= 0.3 is 273 Å². The summed E-state index contributed by atoms with van der Waals surface area (Å²) in [6.45, 7) is 4.84. The third-order valence-corrected chi connectivity index (χ3v) is 13.4. The molecule has 2 aliphatic rings. The molecule has 3 atom stereocenters. The Morgan fingerprint density at radius 1 is 1.15 bits per heavy atom. The number of benzene rings is 1. The van der Waals surface area contributed by atoms with Gasteiger partial charge in [-0.3, -0.25) is 0 Å². The standard InChI is InChI=1S/C32H34BrFIN8O3/c1-17-6-7-25(33)38-29(17)39-30(46)24-12-32(8-9-41(4)5)31(35-32)43(24)26(45)16-42-28-21(13-34)10-20(22-14-36-19(3)37-15-22)11-23(28)27(40-42)18(2)44/h6-7,10-11,14-15,24,31H,8-9,12-13,16H2,1-5H3,(H,38,39,46)/q-1/t24-,31-,32+/m0/s1. The van der Waals surface area contributed by atoms with Crippen LogP contribution in [0.25, 0.3) is 22.0 Å². The average Bonchev–Trinajstić information content (AvgIpc) is 3.43. The molecule has 2 amide bonds. The summed E-state index contributed by atoms with van der Waals surface area (Å²) in [6, 6.07) is 6.43. The second-order valence-corrected chi connectivity index (χ2v) is 16.9. The van der Waals surface area contributed by atoms with Crippen LogP contribution in [0.5, 0.6) is 0 Å². The molecule has 2 fully saturated rings. The van der Waals surface area contributed by atoms with Gasteiger partial charge < -0.3 is 0 Å². The first-order valence-corrected chi connectivity index (χ1v) is 18.0. The number of aromatic nitrogens is 5. The van der Waals surface area contributed by atoms with Crippen LogP contribution in [-0.4, -0.2) is 86.3 Å². The quantitative estimate of drug-likeness (QED) is 0.0837. The molecule has 14 heteroatoms. The molecule has 11 nitrogen and oxygen atoms in total. The summed E-state index contributed by atoms with van der Waals surface area (Å²) in [6.07, 6.45) is 4.78. The first kappa shape index (κ1) is 32.6. The zero-order valence-corrected chi connectivity index (χ0v) is 29.9. The molecule has 4 aromatic rings. The molecule has 0 bridgehead atoms. The van der Waals surface area contributed by atoms with E-state index in [2.05, 4.69) is 46.2 Å². The predicted molar refractivity (Wildman–Crippen MR) is 171 cm³/mol. The number of fused-ring (bicyclic) bond motifs is 2. The fourth-order valence-corrected chi connectivity index (χ4v) is 10.4. The molecule has 46 heavy (non-hydrogen) atoms. The third kappa shape index (κ3) is 6.18. The van der Waals surface area contributed by atoms with Crippen LogP contribution in [0.3, 0.4) is 0 Å². The first-order chi connectivity index (χ1) is 21.9. The number of alkyl halides is 3. The number of carbonyl (C=O) groups excluding carboxylic acids is 3. The summed E-state index contributed by atoms with van der Waals surface area (Å²) in [7, 11) is 4.04. The second kappa shape index (κ2) is 12.7. The average molecular weight is 804 g/mol. The molecule has 0 unspecified atom stereocenters. The molecule has 242 valence electrons. The van der Waals surface area contributed by atoms with E-state index in [1.807, 2.05) is 27.1 Å². The maximum absolute atomic E-state index is 14.6. The summed E-state index contributed by atoms with van der Waals surface area (Å²) < 4.78 is 16.6. The van der Waals surface area contributed by atoms with Crippen LogP contribution in [0, 0.1) is 13.8 Å². The normalized spacial score (nSPS) is 20.5. The monoisotopic (exact) mass is 803 g/mol. The number of anilines is 1. The molecule has 1 N–H and O–H groups in total. The molecule has 1 aromatic carbocycles. The zero-order valence-electron chi connectivity index (χ0n) is 26.1. The maximum atomic E-state index is 14.6. The Kier molecular flexibility index (Phi) is 8.97. The van der Waals surface area contributed by atoms with E-state index in [4.69, 9.17) is 0 Å². The van der Waals surface area contributed by atoms with Crippen molar-refractivity contribution in [1.82, 2.24) is 34.5 Å². The summed E-state index contributed by atoms with van der Waals surface area (Å²) in [5, 5.41) is 7.95. The molecule has 0 radical (unpaired) electrons. The number of nitrogens with zero attached hydrogens (tertiary/aromatic N) is 7. The van der Waals surface area contributed by atoms with Crippen LogP contribution >= 0.6 is 15.9 Å². The number of ketones is 1. The Hall–Kier alpha value is -3.37. The zero-order chi connectivity index (χ0) is 32.9. The summed E-state index contributed by atoms with van der Waals surface area (Å²) >= 11 is 3.01. The number of nitrogens with one attached hydrogen (secondary N) is 1. The van der Waals surface area contributed by atoms with E-state index < -0.39 is 12.7 Å². The number of amides is 2. The van der Waals surface area contributed by atoms with Gasteiger partial charge in [0.2, 0.25) is 0 Å². The van der Waals surface area contributed by atoms with Crippen molar-refractivity contribution < 1.29 is 40.0 Å². The van der Waals surface area contributed by atoms with E-state index in [1.165, 1.54) is 11.6 Å². The van der Waals surface area contributed by atoms with Gasteiger partial charge in [0.25, 0.3) is 0 Å². The van der Waals surface area contributed by atoms with Gasteiger partial charge in [-0.2, -0.15) is 0 Å². The Morgan fingerprint density at radius 2 is 1.89 bits per heavy atom. The van der Waals surface area contributed by atoms with Gasteiger partial charge in [0.1, 0.15) is 5.82 Å². The Bertz CT molecular complexity index is 1870. The van der Waals surface area contributed by atoms with Crippen LogP contribution in [0.15, 0.2) is 41.3 Å².